The number of carbonyl (C=O) groups excluding carboxylic acids is 1. The standard InChI is InChI=1S/C24H21N3O2/c1-15-11-16(2)13-18(12-15)23(28)26-19-7-6-8-20(14-19)27-17(3)25-22-10-5-4-9-21(22)24(27)29/h4-14H,1-3H3,(H,26,28). The van der Waals surface area contributed by atoms with Crippen molar-refractivity contribution in [2.45, 2.75) is 20.8 Å². The summed E-state index contributed by atoms with van der Waals surface area (Å²) in [5.74, 6) is 0.404. The number of nitrogens with zero attached hydrogens (tertiary/aromatic N) is 2. The lowest BCUT2D eigenvalue weighted by atomic mass is 10.1. The molecule has 0 bridgehead atoms. The number of amides is 1. The number of nitrogens with one attached hydrogen (secondary N) is 1. The Kier molecular flexibility index (Phi) is 4.72. The van der Waals surface area contributed by atoms with Gasteiger partial charge in [0.15, 0.2) is 0 Å². The second kappa shape index (κ2) is 7.36. The average Bonchev–Trinajstić information content (AvgIpc) is 2.67. The minimum atomic E-state index is -0.186. The number of para-hydroxylation sites is 1. The molecule has 0 aliphatic carbocycles. The Morgan fingerprint density at radius 3 is 2.38 bits per heavy atom. The molecule has 0 spiro atoms. The monoisotopic (exact) mass is 383 g/mol. The number of hydrogen-bond donors (Lipinski definition) is 1. The van der Waals surface area contributed by atoms with Gasteiger partial charge in [0.25, 0.3) is 11.5 Å². The highest BCUT2D eigenvalue weighted by Crippen LogP contribution is 2.18. The SMILES string of the molecule is Cc1cc(C)cc(C(=O)Nc2cccc(-n3c(C)nc4ccccc4c3=O)c2)c1. The minimum Gasteiger partial charge on any atom is -0.322 e. The van der Waals surface area contributed by atoms with E-state index >= 15 is 0 Å². The molecule has 1 heterocycles. The summed E-state index contributed by atoms with van der Waals surface area (Å²) in [4.78, 5) is 30.2. The van der Waals surface area contributed by atoms with Crippen LogP contribution in [0.1, 0.15) is 27.3 Å². The van der Waals surface area contributed by atoms with E-state index in [2.05, 4.69) is 10.3 Å². The molecule has 0 unspecified atom stereocenters. The van der Waals surface area contributed by atoms with Gasteiger partial charge in [-0.3, -0.25) is 14.2 Å². The van der Waals surface area contributed by atoms with Crippen LogP contribution in [-0.4, -0.2) is 15.5 Å². The molecule has 1 amide bonds. The van der Waals surface area contributed by atoms with E-state index < -0.39 is 0 Å². The van der Waals surface area contributed by atoms with Crippen molar-refractivity contribution in [2.75, 3.05) is 5.32 Å². The number of benzene rings is 3. The molecule has 0 aliphatic rings. The molecule has 3 aromatic carbocycles. The van der Waals surface area contributed by atoms with Gasteiger partial charge in [0.05, 0.1) is 16.6 Å². The third kappa shape index (κ3) is 3.67. The van der Waals surface area contributed by atoms with E-state index in [9.17, 15) is 9.59 Å². The van der Waals surface area contributed by atoms with Crippen molar-refractivity contribution < 1.29 is 4.79 Å². The van der Waals surface area contributed by atoms with Crippen molar-refractivity contribution in [3.05, 3.63) is 99.6 Å². The fourth-order valence-electron chi connectivity index (χ4n) is 3.58. The second-order valence-electron chi connectivity index (χ2n) is 7.20. The van der Waals surface area contributed by atoms with Crippen LogP contribution in [0.25, 0.3) is 16.6 Å². The first-order chi connectivity index (χ1) is 13.9. The normalized spacial score (nSPS) is 10.9. The summed E-state index contributed by atoms with van der Waals surface area (Å²) in [6.45, 7) is 5.73. The number of aryl methyl sites for hydroxylation is 3. The molecule has 4 aromatic rings. The first kappa shape index (κ1) is 18.6. The Morgan fingerprint density at radius 2 is 1.62 bits per heavy atom. The molecule has 0 fully saturated rings. The molecule has 0 radical (unpaired) electrons. The number of carbonyl (C=O) groups is 1. The van der Waals surface area contributed by atoms with Crippen LogP contribution in [0.5, 0.6) is 0 Å². The van der Waals surface area contributed by atoms with Gasteiger partial charge in [0, 0.05) is 11.3 Å². The average molecular weight is 383 g/mol. The maximum Gasteiger partial charge on any atom is 0.265 e. The van der Waals surface area contributed by atoms with Gasteiger partial charge in [-0.2, -0.15) is 0 Å². The van der Waals surface area contributed by atoms with E-state index in [1.807, 2.05) is 62.4 Å². The van der Waals surface area contributed by atoms with Gasteiger partial charge in [-0.25, -0.2) is 4.98 Å². The fraction of sp³-hybridized carbons (Fsp3) is 0.125. The molecular weight excluding hydrogens is 362 g/mol. The maximum atomic E-state index is 13.0. The highest BCUT2D eigenvalue weighted by atomic mass is 16.1. The van der Waals surface area contributed by atoms with Gasteiger partial charge in [-0.05, 0) is 63.2 Å². The van der Waals surface area contributed by atoms with E-state index in [0.717, 1.165) is 11.1 Å². The quantitative estimate of drug-likeness (QED) is 0.564. The van der Waals surface area contributed by atoms with Crippen LogP contribution < -0.4 is 10.9 Å². The molecule has 144 valence electrons. The van der Waals surface area contributed by atoms with Gasteiger partial charge in [0.1, 0.15) is 5.82 Å². The zero-order chi connectivity index (χ0) is 20.5. The van der Waals surface area contributed by atoms with Crippen LogP contribution >= 0.6 is 0 Å². The Bertz CT molecular complexity index is 1290. The van der Waals surface area contributed by atoms with Crippen LogP contribution in [0.2, 0.25) is 0 Å². The number of fused-ring (bicyclic) bond motifs is 1. The first-order valence-electron chi connectivity index (χ1n) is 9.41. The van der Waals surface area contributed by atoms with E-state index in [-0.39, 0.29) is 11.5 Å². The highest BCUT2D eigenvalue weighted by molar-refractivity contribution is 6.04. The molecule has 4 rings (SSSR count). The van der Waals surface area contributed by atoms with Crippen molar-refractivity contribution in [3.8, 4) is 5.69 Å². The zero-order valence-electron chi connectivity index (χ0n) is 16.6. The second-order valence-corrected chi connectivity index (χ2v) is 7.20. The van der Waals surface area contributed by atoms with Gasteiger partial charge < -0.3 is 5.32 Å². The van der Waals surface area contributed by atoms with Gasteiger partial charge in [0.2, 0.25) is 0 Å². The lowest BCUT2D eigenvalue weighted by Crippen LogP contribution is -2.22. The Labute approximate surface area is 168 Å². The molecule has 0 atom stereocenters. The fourth-order valence-corrected chi connectivity index (χ4v) is 3.58. The Hall–Kier alpha value is -3.73. The molecule has 0 aliphatic heterocycles. The van der Waals surface area contributed by atoms with Crippen molar-refractivity contribution in [3.63, 3.8) is 0 Å². The topological polar surface area (TPSA) is 64.0 Å². The van der Waals surface area contributed by atoms with Crippen LogP contribution in [0.15, 0.2) is 71.5 Å². The summed E-state index contributed by atoms with van der Waals surface area (Å²) in [7, 11) is 0. The van der Waals surface area contributed by atoms with Crippen LogP contribution in [0.3, 0.4) is 0 Å². The van der Waals surface area contributed by atoms with Crippen molar-refractivity contribution in [1.29, 1.82) is 0 Å². The van der Waals surface area contributed by atoms with Crippen molar-refractivity contribution in [1.82, 2.24) is 9.55 Å². The first-order valence-corrected chi connectivity index (χ1v) is 9.41. The summed E-state index contributed by atoms with van der Waals surface area (Å²) in [6, 6.07) is 20.3. The molecule has 29 heavy (non-hydrogen) atoms. The van der Waals surface area contributed by atoms with Gasteiger partial charge >= 0.3 is 0 Å². The van der Waals surface area contributed by atoms with Gasteiger partial charge in [-0.1, -0.05) is 35.4 Å². The van der Waals surface area contributed by atoms with E-state index in [1.165, 1.54) is 0 Å². The van der Waals surface area contributed by atoms with E-state index in [1.54, 1.807) is 29.7 Å². The molecule has 1 aromatic heterocycles. The lowest BCUT2D eigenvalue weighted by Gasteiger charge is -2.13. The lowest BCUT2D eigenvalue weighted by molar-refractivity contribution is 0.102. The molecule has 1 N–H and O–H groups in total. The molecule has 5 nitrogen and oxygen atoms in total. The molecule has 0 saturated heterocycles. The number of rotatable bonds is 3. The summed E-state index contributed by atoms with van der Waals surface area (Å²) in [5, 5.41) is 3.48. The van der Waals surface area contributed by atoms with Crippen molar-refractivity contribution in [2.24, 2.45) is 0 Å². The van der Waals surface area contributed by atoms with Gasteiger partial charge in [-0.15, -0.1) is 0 Å². The molecule has 0 saturated carbocycles. The van der Waals surface area contributed by atoms with Crippen molar-refractivity contribution >= 4 is 22.5 Å². The number of aromatic nitrogens is 2. The summed E-state index contributed by atoms with van der Waals surface area (Å²) in [5.41, 5.74) is 4.49. The molecule has 5 heteroatoms. The zero-order valence-corrected chi connectivity index (χ0v) is 16.6. The van der Waals surface area contributed by atoms with E-state index in [4.69, 9.17) is 0 Å². The smallest absolute Gasteiger partial charge is 0.265 e. The summed E-state index contributed by atoms with van der Waals surface area (Å²) in [6.07, 6.45) is 0. The van der Waals surface area contributed by atoms with E-state index in [0.29, 0.717) is 33.7 Å². The predicted octanol–water partition coefficient (Wildman–Crippen LogP) is 4.56. The highest BCUT2D eigenvalue weighted by Gasteiger charge is 2.12. The van der Waals surface area contributed by atoms with Crippen LogP contribution in [-0.2, 0) is 0 Å². The van der Waals surface area contributed by atoms with Crippen LogP contribution in [0, 0.1) is 20.8 Å². The van der Waals surface area contributed by atoms with Crippen LogP contribution in [0.4, 0.5) is 5.69 Å². The minimum absolute atomic E-state index is 0.133. The summed E-state index contributed by atoms with van der Waals surface area (Å²) < 4.78 is 1.56. The predicted molar refractivity (Wildman–Crippen MR) is 116 cm³/mol. The Morgan fingerprint density at radius 1 is 0.897 bits per heavy atom. The third-order valence-corrected chi connectivity index (χ3v) is 4.79. The maximum absolute atomic E-state index is 13.0. The Balaban J connectivity index is 1.72. The largest absolute Gasteiger partial charge is 0.322 e. The number of anilines is 1. The molecular formula is C24H21N3O2. The third-order valence-electron chi connectivity index (χ3n) is 4.79. The number of hydrogen-bond acceptors (Lipinski definition) is 3. The summed E-state index contributed by atoms with van der Waals surface area (Å²) >= 11 is 0.